The van der Waals surface area contributed by atoms with Crippen LogP contribution in [0.25, 0.3) is 0 Å². The first kappa shape index (κ1) is 6.49. The molecule has 1 aromatic rings. The Morgan fingerprint density at radius 2 is 2.11 bits per heavy atom. The summed E-state index contributed by atoms with van der Waals surface area (Å²) in [5, 5.41) is 9.02. The Balaban J connectivity index is 3.17. The van der Waals surface area contributed by atoms with E-state index in [9.17, 15) is 0 Å². The van der Waals surface area contributed by atoms with Crippen molar-refractivity contribution in [1.82, 2.24) is 0 Å². The number of aromatic hydroxyl groups is 1. The van der Waals surface area contributed by atoms with Gasteiger partial charge >= 0.3 is 0 Å². The maximum Gasteiger partial charge on any atom is 0.150 e. The van der Waals surface area contributed by atoms with Crippen molar-refractivity contribution in [3.8, 4) is 5.75 Å². The van der Waals surface area contributed by atoms with Crippen molar-refractivity contribution in [3.63, 3.8) is 0 Å². The Hall–Kier alpha value is -0.630. The van der Waals surface area contributed by atoms with E-state index in [2.05, 4.69) is 12.6 Å². The van der Waals surface area contributed by atoms with Gasteiger partial charge in [0.25, 0.3) is 0 Å². The molecular formula is C7H9OS+. The van der Waals surface area contributed by atoms with Crippen molar-refractivity contribution in [2.75, 3.05) is 0 Å². The van der Waals surface area contributed by atoms with E-state index in [0.29, 0.717) is 5.75 Å². The number of aryl methyl sites for hydroxylation is 1. The molecule has 1 N–H and O–H groups in total. The third-order valence-electron chi connectivity index (χ3n) is 1.20. The van der Waals surface area contributed by atoms with E-state index in [1.807, 2.05) is 13.0 Å². The molecule has 1 nitrogen and oxygen atoms in total. The van der Waals surface area contributed by atoms with E-state index in [1.165, 1.54) is 0 Å². The fraction of sp³-hybridized carbons (Fsp3) is 0.143. The second kappa shape index (κ2) is 2.31. The summed E-state index contributed by atoms with van der Waals surface area (Å²) >= 11 is 3.33. The van der Waals surface area contributed by atoms with Crippen LogP contribution in [0.15, 0.2) is 23.1 Å². The molecule has 0 aliphatic carbocycles. The predicted molar refractivity (Wildman–Crippen MR) is 41.3 cm³/mol. The van der Waals surface area contributed by atoms with Crippen LogP contribution in [0.1, 0.15) is 5.56 Å². The molecule has 0 heterocycles. The van der Waals surface area contributed by atoms with Crippen LogP contribution in [0, 0.1) is 6.92 Å². The van der Waals surface area contributed by atoms with Gasteiger partial charge in [0.15, 0.2) is 4.90 Å². The Labute approximate surface area is 59.7 Å². The molecule has 1 rings (SSSR count). The summed E-state index contributed by atoms with van der Waals surface area (Å²) in [4.78, 5) is 0.991. The van der Waals surface area contributed by atoms with E-state index in [0.717, 1.165) is 10.5 Å². The second-order valence-corrected chi connectivity index (χ2v) is 2.58. The standard InChI is InChI=1S/C7H8OS/c1-5-4-6(9)2-3-7(5)8/h2-4,8-9H,1H3/p+1. The first-order valence-corrected chi connectivity index (χ1v) is 3.21. The van der Waals surface area contributed by atoms with E-state index in [4.69, 9.17) is 5.11 Å². The summed E-state index contributed by atoms with van der Waals surface area (Å²) in [6.07, 6.45) is 0. The zero-order chi connectivity index (χ0) is 6.85. The van der Waals surface area contributed by atoms with Gasteiger partial charge in [-0.05, 0) is 43.3 Å². The highest BCUT2D eigenvalue weighted by Crippen LogP contribution is 2.15. The van der Waals surface area contributed by atoms with Crippen LogP contribution in [-0.4, -0.2) is 5.11 Å². The van der Waals surface area contributed by atoms with E-state index >= 15 is 0 Å². The average Bonchev–Trinajstić information content (AvgIpc) is 1.80. The van der Waals surface area contributed by atoms with Gasteiger partial charge in [0.05, 0.1) is 0 Å². The minimum atomic E-state index is 0.344. The van der Waals surface area contributed by atoms with Crippen LogP contribution in [0.3, 0.4) is 0 Å². The highest BCUT2D eigenvalue weighted by molar-refractivity contribution is 7.58. The normalized spacial score (nSPS) is 9.56. The molecule has 0 spiro atoms. The Bertz CT molecular complexity index is 220. The zero-order valence-corrected chi connectivity index (χ0v) is 6.18. The molecule has 0 aliphatic heterocycles. The van der Waals surface area contributed by atoms with Gasteiger partial charge in [-0.15, -0.1) is 0 Å². The minimum Gasteiger partial charge on any atom is -0.508 e. The Morgan fingerprint density at radius 3 is 2.56 bits per heavy atom. The van der Waals surface area contributed by atoms with Gasteiger partial charge in [0.1, 0.15) is 5.75 Å². The SMILES string of the molecule is Cc1cc([SH2+])ccc1O. The molecular weight excluding hydrogens is 132 g/mol. The van der Waals surface area contributed by atoms with Gasteiger partial charge in [-0.1, -0.05) is 0 Å². The van der Waals surface area contributed by atoms with Gasteiger partial charge in [0, 0.05) is 0 Å². The predicted octanol–water partition coefficient (Wildman–Crippen LogP) is 1.07. The molecule has 48 valence electrons. The highest BCUT2D eigenvalue weighted by Gasteiger charge is 1.96. The Morgan fingerprint density at radius 1 is 1.44 bits per heavy atom. The van der Waals surface area contributed by atoms with Crippen molar-refractivity contribution in [2.24, 2.45) is 0 Å². The second-order valence-electron chi connectivity index (χ2n) is 2.00. The lowest BCUT2D eigenvalue weighted by molar-refractivity contribution is 0.470. The summed E-state index contributed by atoms with van der Waals surface area (Å²) in [6, 6.07) is 5.34. The largest absolute Gasteiger partial charge is 0.508 e. The van der Waals surface area contributed by atoms with Gasteiger partial charge in [-0.3, -0.25) is 0 Å². The summed E-state index contributed by atoms with van der Waals surface area (Å²) < 4.78 is 0. The number of rotatable bonds is 0. The van der Waals surface area contributed by atoms with E-state index < -0.39 is 0 Å². The topological polar surface area (TPSA) is 20.2 Å². The fourth-order valence-electron chi connectivity index (χ4n) is 0.655. The Kier molecular flexibility index (Phi) is 1.67. The molecule has 0 radical (unpaired) electrons. The molecule has 0 fully saturated rings. The number of hydrogen-bond donors (Lipinski definition) is 1. The fourth-order valence-corrected chi connectivity index (χ4v) is 0.955. The van der Waals surface area contributed by atoms with E-state index in [1.54, 1.807) is 12.1 Å². The molecule has 0 atom stereocenters. The van der Waals surface area contributed by atoms with Gasteiger partial charge in [-0.2, -0.15) is 0 Å². The lowest BCUT2D eigenvalue weighted by atomic mass is 10.2. The maximum absolute atomic E-state index is 9.02. The van der Waals surface area contributed by atoms with Crippen molar-refractivity contribution in [1.29, 1.82) is 0 Å². The molecule has 0 saturated carbocycles. The first-order valence-electron chi connectivity index (χ1n) is 2.71. The minimum absolute atomic E-state index is 0.344. The van der Waals surface area contributed by atoms with Crippen molar-refractivity contribution in [3.05, 3.63) is 23.8 Å². The summed E-state index contributed by atoms with van der Waals surface area (Å²) in [5.74, 6) is 0.344. The molecule has 0 amide bonds. The zero-order valence-electron chi connectivity index (χ0n) is 5.18. The molecule has 0 aromatic heterocycles. The number of phenols is 1. The number of hydrogen-bond acceptors (Lipinski definition) is 1. The molecule has 9 heavy (non-hydrogen) atoms. The quantitative estimate of drug-likeness (QED) is 0.536. The van der Waals surface area contributed by atoms with Crippen LogP contribution >= 0.6 is 0 Å². The number of benzene rings is 1. The summed E-state index contributed by atoms with van der Waals surface area (Å²) in [6.45, 7) is 1.86. The van der Waals surface area contributed by atoms with Gasteiger partial charge < -0.3 is 5.11 Å². The molecule has 1 aromatic carbocycles. The highest BCUT2D eigenvalue weighted by atomic mass is 32.1. The molecule has 0 bridgehead atoms. The monoisotopic (exact) mass is 141 g/mol. The van der Waals surface area contributed by atoms with E-state index in [-0.39, 0.29) is 0 Å². The molecule has 0 unspecified atom stereocenters. The van der Waals surface area contributed by atoms with Crippen LogP contribution in [0.5, 0.6) is 5.75 Å². The molecule has 0 aliphatic rings. The lowest BCUT2D eigenvalue weighted by Crippen LogP contribution is -1.74. The lowest BCUT2D eigenvalue weighted by Gasteiger charge is -1.93. The smallest absolute Gasteiger partial charge is 0.150 e. The third-order valence-corrected chi connectivity index (χ3v) is 1.51. The van der Waals surface area contributed by atoms with Gasteiger partial charge in [-0.25, -0.2) is 0 Å². The van der Waals surface area contributed by atoms with Gasteiger partial charge in [0.2, 0.25) is 0 Å². The van der Waals surface area contributed by atoms with Crippen molar-refractivity contribution >= 4 is 12.6 Å². The first-order chi connectivity index (χ1) is 4.20. The average molecular weight is 141 g/mol. The summed E-state index contributed by atoms with van der Waals surface area (Å²) in [5.41, 5.74) is 0.891. The molecule has 2 heteroatoms. The molecule has 0 saturated heterocycles. The number of phenolic OH excluding ortho intramolecular Hbond substituents is 1. The summed E-state index contributed by atoms with van der Waals surface area (Å²) in [7, 11) is 0. The van der Waals surface area contributed by atoms with Crippen LogP contribution < -0.4 is 0 Å². The van der Waals surface area contributed by atoms with Crippen LogP contribution in [0.4, 0.5) is 0 Å². The third kappa shape index (κ3) is 1.39. The van der Waals surface area contributed by atoms with Crippen LogP contribution in [0.2, 0.25) is 0 Å². The van der Waals surface area contributed by atoms with Crippen molar-refractivity contribution in [2.45, 2.75) is 11.8 Å². The van der Waals surface area contributed by atoms with Crippen molar-refractivity contribution < 1.29 is 5.11 Å². The van der Waals surface area contributed by atoms with Crippen LogP contribution in [-0.2, 0) is 12.6 Å². The maximum atomic E-state index is 9.02.